The van der Waals surface area contributed by atoms with Crippen molar-refractivity contribution in [3.8, 4) is 0 Å². The molecule has 0 rings (SSSR count). The summed E-state index contributed by atoms with van der Waals surface area (Å²) in [5.74, 6) is -0.256. The molecule has 0 aliphatic carbocycles. The summed E-state index contributed by atoms with van der Waals surface area (Å²) >= 11 is 0. The first-order valence-corrected chi connectivity index (χ1v) is 7.96. The van der Waals surface area contributed by atoms with Crippen LogP contribution in [0.5, 0.6) is 0 Å². The van der Waals surface area contributed by atoms with Gasteiger partial charge in [-0.05, 0) is 33.2 Å². The molecule has 0 aromatic rings. The fraction of sp³-hybridized carbons (Fsp3) is 0.706. The largest absolute Gasteiger partial charge is 0.366 e. The van der Waals surface area contributed by atoms with Gasteiger partial charge in [-0.3, -0.25) is 4.79 Å². The molecule has 0 fully saturated rings. The number of carbonyl (C=O) groups is 3. The molecule has 0 bridgehead atoms. The molecule has 5 heteroatoms. The van der Waals surface area contributed by atoms with Gasteiger partial charge in [-0.25, -0.2) is 0 Å². The molecular formula is C17H30N2O3. The predicted molar refractivity (Wildman–Crippen MR) is 88.3 cm³/mol. The van der Waals surface area contributed by atoms with Gasteiger partial charge < -0.3 is 20.2 Å². The van der Waals surface area contributed by atoms with E-state index in [1.807, 2.05) is 20.0 Å². The lowest BCUT2D eigenvalue weighted by Gasteiger charge is -2.20. The molecule has 0 saturated carbocycles. The first kappa shape index (κ1) is 20.5. The van der Waals surface area contributed by atoms with E-state index in [4.69, 9.17) is 5.73 Å². The minimum atomic E-state index is -0.391. The van der Waals surface area contributed by atoms with E-state index in [-0.39, 0.29) is 11.8 Å². The van der Waals surface area contributed by atoms with Gasteiger partial charge in [0.2, 0.25) is 5.91 Å². The number of nitrogens with zero attached hydrogens (tertiary/aromatic N) is 1. The van der Waals surface area contributed by atoms with Crippen LogP contribution in [0.1, 0.15) is 46.0 Å². The molecule has 126 valence electrons. The predicted octanol–water partition coefficient (Wildman–Crippen LogP) is 1.95. The fourth-order valence-electron chi connectivity index (χ4n) is 2.24. The van der Waals surface area contributed by atoms with Crippen LogP contribution in [0.2, 0.25) is 0 Å². The lowest BCUT2D eigenvalue weighted by atomic mass is 9.99. The molecule has 0 heterocycles. The van der Waals surface area contributed by atoms with Crippen LogP contribution in [0, 0.1) is 11.8 Å². The number of unbranched alkanes of at least 4 members (excludes halogenated alkanes) is 1. The maximum Gasteiger partial charge on any atom is 0.244 e. The van der Waals surface area contributed by atoms with Crippen LogP contribution in [0.3, 0.4) is 0 Å². The van der Waals surface area contributed by atoms with Gasteiger partial charge in [0.05, 0.1) is 0 Å². The van der Waals surface area contributed by atoms with E-state index >= 15 is 0 Å². The normalized spacial score (nSPS) is 14.6. The van der Waals surface area contributed by atoms with Crippen LogP contribution in [0.15, 0.2) is 11.6 Å². The highest BCUT2D eigenvalue weighted by Crippen LogP contribution is 2.12. The summed E-state index contributed by atoms with van der Waals surface area (Å²) in [6.45, 7) is 5.13. The number of rotatable bonds is 13. The zero-order chi connectivity index (χ0) is 17.0. The second-order valence-electron chi connectivity index (χ2n) is 6.10. The molecule has 5 nitrogen and oxygen atoms in total. The number of nitrogens with two attached hydrogens (primary N) is 1. The van der Waals surface area contributed by atoms with Crippen molar-refractivity contribution in [2.75, 3.05) is 20.1 Å². The standard InChI is InChI=1S/C17H30N2O3/c1-14(12-20)7-4-5-9-16(13-21)11-19(3)10-6-8-15(2)17(18)22/h8,12-14,16H,4-7,9-11H2,1-3H3,(H2,18,22). The van der Waals surface area contributed by atoms with Crippen LogP contribution in [0.25, 0.3) is 0 Å². The molecular weight excluding hydrogens is 280 g/mol. The Morgan fingerprint density at radius 1 is 1.18 bits per heavy atom. The summed E-state index contributed by atoms with van der Waals surface area (Å²) < 4.78 is 0. The van der Waals surface area contributed by atoms with Crippen molar-refractivity contribution in [2.24, 2.45) is 17.6 Å². The van der Waals surface area contributed by atoms with E-state index in [1.165, 1.54) is 0 Å². The van der Waals surface area contributed by atoms with Gasteiger partial charge in [-0.1, -0.05) is 25.8 Å². The van der Waals surface area contributed by atoms with Crippen LogP contribution >= 0.6 is 0 Å². The number of hydrogen-bond donors (Lipinski definition) is 1. The minimum absolute atomic E-state index is 0.0257. The molecule has 2 atom stereocenters. The Balaban J connectivity index is 3.95. The SMILES string of the molecule is CC(=CCCN(C)CC(C=O)CCCCC(C)C=O)C(N)=O. The summed E-state index contributed by atoms with van der Waals surface area (Å²) in [4.78, 5) is 34.7. The van der Waals surface area contributed by atoms with Crippen molar-refractivity contribution >= 4 is 18.5 Å². The van der Waals surface area contributed by atoms with E-state index in [0.29, 0.717) is 5.57 Å². The Hall–Kier alpha value is -1.49. The number of hydrogen-bond acceptors (Lipinski definition) is 4. The highest BCUT2D eigenvalue weighted by atomic mass is 16.1. The average molecular weight is 310 g/mol. The first-order valence-electron chi connectivity index (χ1n) is 7.96. The molecule has 0 aliphatic rings. The quantitative estimate of drug-likeness (QED) is 0.320. The highest BCUT2D eigenvalue weighted by molar-refractivity contribution is 5.91. The van der Waals surface area contributed by atoms with Crippen LogP contribution in [0.4, 0.5) is 0 Å². The van der Waals surface area contributed by atoms with Crippen molar-refractivity contribution in [1.29, 1.82) is 0 Å². The monoisotopic (exact) mass is 310 g/mol. The Labute approximate surface area is 133 Å². The average Bonchev–Trinajstić information content (AvgIpc) is 2.49. The summed E-state index contributed by atoms with van der Waals surface area (Å²) in [5.41, 5.74) is 5.74. The summed E-state index contributed by atoms with van der Waals surface area (Å²) in [6, 6.07) is 0. The van der Waals surface area contributed by atoms with Gasteiger partial charge in [0.15, 0.2) is 0 Å². The van der Waals surface area contributed by atoms with Gasteiger partial charge in [0.1, 0.15) is 12.6 Å². The Bertz CT molecular complexity index is 380. The Kier molecular flexibility index (Phi) is 11.3. The lowest BCUT2D eigenvalue weighted by molar-refractivity contribution is -0.114. The summed E-state index contributed by atoms with van der Waals surface area (Å²) in [5, 5.41) is 0. The van der Waals surface area contributed by atoms with E-state index in [9.17, 15) is 14.4 Å². The van der Waals surface area contributed by atoms with Crippen molar-refractivity contribution < 1.29 is 14.4 Å². The van der Waals surface area contributed by atoms with Crippen LogP contribution in [-0.4, -0.2) is 43.5 Å². The second kappa shape index (κ2) is 12.1. The fourth-order valence-corrected chi connectivity index (χ4v) is 2.24. The van der Waals surface area contributed by atoms with Gasteiger partial charge in [0.25, 0.3) is 0 Å². The summed E-state index contributed by atoms with van der Waals surface area (Å²) in [6.07, 6.45) is 8.27. The van der Waals surface area contributed by atoms with Gasteiger partial charge in [0, 0.05) is 30.5 Å². The maximum atomic E-state index is 11.1. The smallest absolute Gasteiger partial charge is 0.244 e. The molecule has 0 aromatic heterocycles. The number of primary amides is 1. The lowest BCUT2D eigenvalue weighted by Crippen LogP contribution is -2.27. The molecule has 22 heavy (non-hydrogen) atoms. The number of amides is 1. The minimum Gasteiger partial charge on any atom is -0.366 e. The molecule has 0 aromatic carbocycles. The molecule has 2 N–H and O–H groups in total. The van der Waals surface area contributed by atoms with E-state index in [1.54, 1.807) is 6.92 Å². The summed E-state index contributed by atoms with van der Waals surface area (Å²) in [7, 11) is 1.97. The topological polar surface area (TPSA) is 80.5 Å². The van der Waals surface area contributed by atoms with Crippen molar-refractivity contribution in [3.63, 3.8) is 0 Å². The molecule has 2 unspecified atom stereocenters. The van der Waals surface area contributed by atoms with Gasteiger partial charge in [-0.15, -0.1) is 0 Å². The van der Waals surface area contributed by atoms with Gasteiger partial charge in [-0.2, -0.15) is 0 Å². The van der Waals surface area contributed by atoms with Crippen LogP contribution < -0.4 is 5.73 Å². The number of carbonyl (C=O) groups excluding carboxylic acids is 3. The Morgan fingerprint density at radius 2 is 1.82 bits per heavy atom. The highest BCUT2D eigenvalue weighted by Gasteiger charge is 2.11. The zero-order valence-corrected chi connectivity index (χ0v) is 14.1. The third kappa shape index (κ3) is 10.3. The molecule has 0 aliphatic heterocycles. The van der Waals surface area contributed by atoms with E-state index < -0.39 is 5.91 Å². The number of aldehydes is 2. The van der Waals surface area contributed by atoms with Crippen LogP contribution in [-0.2, 0) is 14.4 Å². The van der Waals surface area contributed by atoms with Crippen molar-refractivity contribution in [2.45, 2.75) is 46.0 Å². The molecule has 0 saturated heterocycles. The first-order chi connectivity index (χ1) is 10.4. The van der Waals surface area contributed by atoms with Crippen molar-refractivity contribution in [3.05, 3.63) is 11.6 Å². The second-order valence-corrected chi connectivity index (χ2v) is 6.10. The molecule has 1 amide bonds. The maximum absolute atomic E-state index is 11.1. The molecule has 0 radical (unpaired) electrons. The van der Waals surface area contributed by atoms with E-state index in [2.05, 4.69) is 4.90 Å². The zero-order valence-electron chi connectivity index (χ0n) is 14.1. The third-order valence-electron chi connectivity index (χ3n) is 3.81. The molecule has 0 spiro atoms. The van der Waals surface area contributed by atoms with Gasteiger partial charge >= 0.3 is 0 Å². The van der Waals surface area contributed by atoms with E-state index in [0.717, 1.165) is 57.8 Å². The Morgan fingerprint density at radius 3 is 2.36 bits per heavy atom. The van der Waals surface area contributed by atoms with Crippen molar-refractivity contribution in [1.82, 2.24) is 4.90 Å². The third-order valence-corrected chi connectivity index (χ3v) is 3.81.